The lowest BCUT2D eigenvalue weighted by molar-refractivity contribution is -0.135. The van der Waals surface area contributed by atoms with E-state index in [1.165, 1.54) is 0 Å². The normalized spacial score (nSPS) is 20.4. The van der Waals surface area contributed by atoms with E-state index in [0.717, 1.165) is 42.5 Å². The van der Waals surface area contributed by atoms with Crippen LogP contribution in [0.3, 0.4) is 0 Å². The van der Waals surface area contributed by atoms with E-state index >= 15 is 0 Å². The zero-order valence-electron chi connectivity index (χ0n) is 18.7. The first-order chi connectivity index (χ1) is 16.1. The van der Waals surface area contributed by atoms with Crippen LogP contribution in [-0.4, -0.2) is 63.4 Å². The molecule has 33 heavy (non-hydrogen) atoms. The topological polar surface area (TPSA) is 106 Å². The van der Waals surface area contributed by atoms with Crippen LogP contribution in [0.5, 0.6) is 0 Å². The van der Waals surface area contributed by atoms with Gasteiger partial charge in [-0.25, -0.2) is 4.98 Å². The van der Waals surface area contributed by atoms with Crippen LogP contribution in [0.25, 0.3) is 17.2 Å². The SMILES string of the molecule is C=Cc1cc(-c2cc(C#N)c(N3CCN(C(=O)CCO)C(C4CC4)C3)nc2C2CC2)cnn1. The summed E-state index contributed by atoms with van der Waals surface area (Å²) in [6.07, 6.45) is 7.96. The molecule has 2 aromatic heterocycles. The highest BCUT2D eigenvalue weighted by Gasteiger charge is 2.41. The largest absolute Gasteiger partial charge is 0.396 e. The molecule has 170 valence electrons. The van der Waals surface area contributed by atoms with E-state index in [0.29, 0.717) is 48.5 Å². The van der Waals surface area contributed by atoms with Gasteiger partial charge in [0.1, 0.15) is 11.9 Å². The molecule has 0 bridgehead atoms. The van der Waals surface area contributed by atoms with Gasteiger partial charge in [-0.05, 0) is 49.8 Å². The molecule has 3 heterocycles. The van der Waals surface area contributed by atoms with E-state index in [4.69, 9.17) is 4.98 Å². The monoisotopic (exact) mass is 444 g/mol. The molecule has 1 N–H and O–H groups in total. The predicted molar refractivity (Wildman–Crippen MR) is 124 cm³/mol. The molecule has 1 aliphatic heterocycles. The summed E-state index contributed by atoms with van der Waals surface area (Å²) in [6.45, 7) is 5.54. The number of nitrogens with zero attached hydrogens (tertiary/aromatic N) is 6. The second kappa shape index (κ2) is 8.91. The Labute approximate surface area is 193 Å². The maximum Gasteiger partial charge on any atom is 0.225 e. The summed E-state index contributed by atoms with van der Waals surface area (Å²) in [4.78, 5) is 21.8. The van der Waals surface area contributed by atoms with Crippen LogP contribution in [0, 0.1) is 17.2 Å². The van der Waals surface area contributed by atoms with Crippen molar-refractivity contribution in [2.75, 3.05) is 31.1 Å². The van der Waals surface area contributed by atoms with Crippen molar-refractivity contribution in [2.45, 2.75) is 44.1 Å². The first-order valence-corrected chi connectivity index (χ1v) is 11.7. The maximum atomic E-state index is 12.6. The molecule has 8 nitrogen and oxygen atoms in total. The molecule has 1 amide bonds. The third-order valence-electron chi connectivity index (χ3n) is 6.84. The van der Waals surface area contributed by atoms with Crippen LogP contribution in [0.2, 0.25) is 0 Å². The minimum Gasteiger partial charge on any atom is -0.396 e. The molecule has 8 heteroatoms. The minimum atomic E-state index is -0.125. The van der Waals surface area contributed by atoms with Gasteiger partial charge in [-0.2, -0.15) is 15.5 Å². The fourth-order valence-corrected chi connectivity index (χ4v) is 4.81. The second-order valence-corrected chi connectivity index (χ2v) is 9.16. The van der Waals surface area contributed by atoms with Gasteiger partial charge in [0.15, 0.2) is 0 Å². The molecule has 0 aromatic carbocycles. The number of rotatable bonds is 7. The van der Waals surface area contributed by atoms with Crippen molar-refractivity contribution in [3.63, 3.8) is 0 Å². The summed E-state index contributed by atoms with van der Waals surface area (Å²) in [5.41, 5.74) is 4.07. The van der Waals surface area contributed by atoms with Gasteiger partial charge in [0.2, 0.25) is 5.91 Å². The van der Waals surface area contributed by atoms with E-state index in [2.05, 4.69) is 27.7 Å². The number of amides is 1. The highest BCUT2D eigenvalue weighted by molar-refractivity contribution is 5.77. The molecular weight excluding hydrogens is 416 g/mol. The average molecular weight is 445 g/mol. The Hall–Kier alpha value is -3.31. The minimum absolute atomic E-state index is 0.0137. The number of pyridine rings is 1. The lowest BCUT2D eigenvalue weighted by atomic mass is 9.99. The quantitative estimate of drug-likeness (QED) is 0.700. The third kappa shape index (κ3) is 4.33. The van der Waals surface area contributed by atoms with E-state index in [1.807, 2.05) is 17.0 Å². The van der Waals surface area contributed by atoms with Gasteiger partial charge in [-0.3, -0.25) is 4.79 Å². The van der Waals surface area contributed by atoms with Gasteiger partial charge in [0.25, 0.3) is 0 Å². The van der Waals surface area contributed by atoms with Crippen molar-refractivity contribution in [3.05, 3.63) is 41.9 Å². The van der Waals surface area contributed by atoms with E-state index < -0.39 is 0 Å². The molecule has 2 aliphatic carbocycles. The average Bonchev–Trinajstić information content (AvgIpc) is 3.76. The van der Waals surface area contributed by atoms with E-state index in [1.54, 1.807) is 12.3 Å². The molecule has 3 aliphatic rings. The number of aliphatic hydroxyl groups is 1. The lowest BCUT2D eigenvalue weighted by Crippen LogP contribution is -2.56. The molecule has 0 radical (unpaired) electrons. The van der Waals surface area contributed by atoms with Gasteiger partial charge < -0.3 is 14.9 Å². The Bertz CT molecular complexity index is 1120. The third-order valence-corrected chi connectivity index (χ3v) is 6.84. The molecule has 0 spiro atoms. The van der Waals surface area contributed by atoms with Crippen molar-refractivity contribution in [1.29, 1.82) is 5.26 Å². The van der Waals surface area contributed by atoms with Crippen LogP contribution in [0.1, 0.15) is 55.0 Å². The van der Waals surface area contributed by atoms with E-state index in [-0.39, 0.29) is 25.0 Å². The fraction of sp³-hybridized carbons (Fsp3) is 0.480. The maximum absolute atomic E-state index is 12.6. The first-order valence-electron chi connectivity index (χ1n) is 11.7. The standard InChI is InChI=1S/C25H28N6O2/c1-2-20-11-19(14-27-29-20)21-12-18(13-26)25(28-24(21)17-5-6-17)30-8-9-31(23(33)7-10-32)22(15-30)16-3-4-16/h2,11-12,14,16-17,22,32H,1,3-10,15H2. The Morgan fingerprint density at radius 3 is 2.76 bits per heavy atom. The Kier molecular flexibility index (Phi) is 5.81. The number of carbonyl (C=O) groups excluding carboxylic acids is 1. The van der Waals surface area contributed by atoms with Crippen molar-refractivity contribution >= 4 is 17.8 Å². The number of anilines is 1. The summed E-state index contributed by atoms with van der Waals surface area (Å²) in [5, 5.41) is 27.4. The smallest absolute Gasteiger partial charge is 0.225 e. The van der Waals surface area contributed by atoms with Gasteiger partial charge >= 0.3 is 0 Å². The number of piperazine rings is 1. The van der Waals surface area contributed by atoms with Crippen LogP contribution in [-0.2, 0) is 4.79 Å². The summed E-state index contributed by atoms with van der Waals surface area (Å²) in [6, 6.07) is 6.33. The summed E-state index contributed by atoms with van der Waals surface area (Å²) in [7, 11) is 0. The molecular formula is C25H28N6O2. The van der Waals surface area contributed by atoms with Crippen molar-refractivity contribution in [2.24, 2.45) is 5.92 Å². The van der Waals surface area contributed by atoms with Gasteiger partial charge in [-0.15, -0.1) is 0 Å². The highest BCUT2D eigenvalue weighted by atomic mass is 16.3. The zero-order chi connectivity index (χ0) is 22.9. The molecule has 1 unspecified atom stereocenters. The van der Waals surface area contributed by atoms with Gasteiger partial charge in [-0.1, -0.05) is 6.58 Å². The number of hydrogen-bond donors (Lipinski definition) is 1. The van der Waals surface area contributed by atoms with Crippen molar-refractivity contribution < 1.29 is 9.90 Å². The van der Waals surface area contributed by atoms with Crippen LogP contribution in [0.4, 0.5) is 5.82 Å². The van der Waals surface area contributed by atoms with Crippen molar-refractivity contribution in [3.8, 4) is 17.2 Å². The second-order valence-electron chi connectivity index (χ2n) is 9.16. The molecule has 5 rings (SSSR count). The number of carbonyl (C=O) groups is 1. The molecule has 2 aromatic rings. The van der Waals surface area contributed by atoms with Crippen LogP contribution < -0.4 is 4.90 Å². The number of hydrogen-bond acceptors (Lipinski definition) is 7. The number of aliphatic hydroxyl groups excluding tert-OH is 1. The summed E-state index contributed by atoms with van der Waals surface area (Å²) < 4.78 is 0. The Morgan fingerprint density at radius 1 is 1.27 bits per heavy atom. The number of aromatic nitrogens is 3. The fourth-order valence-electron chi connectivity index (χ4n) is 4.81. The number of nitriles is 1. The molecule has 3 fully saturated rings. The molecule has 1 atom stereocenters. The molecule has 2 saturated carbocycles. The first kappa shape index (κ1) is 21.5. The van der Waals surface area contributed by atoms with Crippen LogP contribution in [0.15, 0.2) is 24.9 Å². The lowest BCUT2D eigenvalue weighted by Gasteiger charge is -2.42. The van der Waals surface area contributed by atoms with E-state index in [9.17, 15) is 15.2 Å². The van der Waals surface area contributed by atoms with Gasteiger partial charge in [0, 0.05) is 43.1 Å². The highest BCUT2D eigenvalue weighted by Crippen LogP contribution is 2.45. The Morgan fingerprint density at radius 2 is 2.09 bits per heavy atom. The van der Waals surface area contributed by atoms with Gasteiger partial charge in [0.05, 0.1) is 35.8 Å². The summed E-state index contributed by atoms with van der Waals surface area (Å²) in [5.74, 6) is 1.61. The van der Waals surface area contributed by atoms with Crippen LogP contribution >= 0.6 is 0 Å². The predicted octanol–water partition coefficient (Wildman–Crippen LogP) is 2.74. The Balaban J connectivity index is 1.50. The zero-order valence-corrected chi connectivity index (χ0v) is 18.7. The summed E-state index contributed by atoms with van der Waals surface area (Å²) >= 11 is 0. The van der Waals surface area contributed by atoms with Crippen molar-refractivity contribution in [1.82, 2.24) is 20.1 Å². The molecule has 1 saturated heterocycles.